The maximum absolute atomic E-state index is 11.0. The van der Waals surface area contributed by atoms with Gasteiger partial charge in [0, 0.05) is 0 Å². The second kappa shape index (κ2) is 5.33. The highest BCUT2D eigenvalue weighted by atomic mass is 32.2. The number of rotatable bonds is 0. The molecule has 1 fully saturated rings. The summed E-state index contributed by atoms with van der Waals surface area (Å²) in [4.78, 5) is 0. The van der Waals surface area contributed by atoms with Crippen LogP contribution in [0.25, 0.3) is 0 Å². The Kier molecular flexibility index (Phi) is 4.73. The molecule has 0 unspecified atom stereocenters. The minimum absolute atomic E-state index is 0.472. The normalized spacial score (nSPS) is 26.3. The third-order valence-electron chi connectivity index (χ3n) is 1.28. The Morgan fingerprint density at radius 3 is 2.00 bits per heavy atom. The molecule has 0 aromatic rings. The van der Waals surface area contributed by atoms with Crippen LogP contribution in [0.4, 0.5) is 0 Å². The Morgan fingerprint density at radius 1 is 1.00 bits per heavy atom. The van der Waals surface area contributed by atoms with Crippen LogP contribution in [-0.4, -0.2) is 31.7 Å². The predicted octanol–water partition coefficient (Wildman–Crippen LogP) is 0.196. The van der Waals surface area contributed by atoms with Crippen molar-refractivity contribution in [1.29, 1.82) is 0 Å². The lowest BCUT2D eigenvalue weighted by atomic mass is 10.6. The summed E-state index contributed by atoms with van der Waals surface area (Å²) in [6, 6.07) is 0. The molecular weight excluding hydrogens is 216 g/mol. The topological polar surface area (TPSA) is 58.2 Å². The van der Waals surface area contributed by atoms with Gasteiger partial charge in [0.15, 0.2) is 0 Å². The summed E-state index contributed by atoms with van der Waals surface area (Å²) < 4.78 is 27.0. The van der Waals surface area contributed by atoms with Crippen molar-refractivity contribution in [2.45, 2.75) is 6.42 Å². The van der Waals surface area contributed by atoms with Crippen LogP contribution in [0.15, 0.2) is 0 Å². The van der Waals surface area contributed by atoms with Gasteiger partial charge < -0.3 is 0 Å². The Labute approximate surface area is 81.4 Å². The van der Waals surface area contributed by atoms with Gasteiger partial charge in [-0.1, -0.05) is 0 Å². The maximum Gasteiger partial charge on any atom is 0.278 e. The molecule has 0 aromatic heterocycles. The van der Waals surface area contributed by atoms with Crippen molar-refractivity contribution in [3.8, 4) is 0 Å². The van der Waals surface area contributed by atoms with Crippen LogP contribution >= 0.6 is 23.5 Å². The molecule has 1 rings (SSSR count). The molecule has 1 heterocycles. The van der Waals surface area contributed by atoms with Gasteiger partial charge in [0.05, 0.1) is 11.8 Å². The van der Waals surface area contributed by atoms with Crippen molar-refractivity contribution in [3.05, 3.63) is 0 Å². The molecule has 72 valence electrons. The molecule has 0 aromatic carbocycles. The van der Waals surface area contributed by atoms with Crippen molar-refractivity contribution in [2.24, 2.45) is 0 Å². The fraction of sp³-hybridized carbons (Fsp3) is 1.00. The summed E-state index contributed by atoms with van der Waals surface area (Å²) in [6.07, 6.45) is 1.14. The SMILES string of the molecule is O=S1(=O)NCSCCCSCN1. The van der Waals surface area contributed by atoms with Crippen LogP contribution in [0.3, 0.4) is 0 Å². The molecule has 0 amide bonds. The van der Waals surface area contributed by atoms with Crippen molar-refractivity contribution in [3.63, 3.8) is 0 Å². The predicted molar refractivity (Wildman–Crippen MR) is 54.5 cm³/mol. The van der Waals surface area contributed by atoms with Crippen molar-refractivity contribution in [1.82, 2.24) is 9.44 Å². The van der Waals surface area contributed by atoms with Gasteiger partial charge in [-0.15, -0.1) is 23.5 Å². The molecule has 12 heavy (non-hydrogen) atoms. The molecule has 0 atom stereocenters. The lowest BCUT2D eigenvalue weighted by molar-refractivity contribution is 0.578. The smallest absolute Gasteiger partial charge is 0.195 e. The number of nitrogens with one attached hydrogen (secondary N) is 2. The van der Waals surface area contributed by atoms with E-state index in [0.29, 0.717) is 11.8 Å². The van der Waals surface area contributed by atoms with Crippen molar-refractivity contribution >= 4 is 33.7 Å². The first-order valence-corrected chi connectivity index (χ1v) is 7.40. The van der Waals surface area contributed by atoms with Gasteiger partial charge in [-0.25, -0.2) is 0 Å². The van der Waals surface area contributed by atoms with Gasteiger partial charge >= 0.3 is 0 Å². The highest BCUT2D eigenvalue weighted by molar-refractivity contribution is 8.01. The summed E-state index contributed by atoms with van der Waals surface area (Å²) in [6.45, 7) is 0. The van der Waals surface area contributed by atoms with Gasteiger partial charge in [0.1, 0.15) is 0 Å². The van der Waals surface area contributed by atoms with E-state index in [4.69, 9.17) is 0 Å². The lowest BCUT2D eigenvalue weighted by Gasteiger charge is -2.10. The van der Waals surface area contributed by atoms with E-state index in [9.17, 15) is 8.42 Å². The average molecular weight is 228 g/mol. The summed E-state index contributed by atoms with van der Waals surface area (Å²) in [7, 11) is -3.22. The van der Waals surface area contributed by atoms with Crippen LogP contribution < -0.4 is 9.44 Å². The van der Waals surface area contributed by atoms with E-state index in [0.717, 1.165) is 17.9 Å². The second-order valence-electron chi connectivity index (χ2n) is 2.25. The zero-order valence-corrected chi connectivity index (χ0v) is 9.03. The fourth-order valence-electron chi connectivity index (χ4n) is 0.697. The second-order valence-corrected chi connectivity index (χ2v) is 6.05. The molecule has 2 N–H and O–H groups in total. The first kappa shape index (κ1) is 10.6. The zero-order chi connectivity index (χ0) is 8.86. The van der Waals surface area contributed by atoms with Gasteiger partial charge in [-0.05, 0) is 17.9 Å². The first-order chi connectivity index (χ1) is 5.71. The van der Waals surface area contributed by atoms with Gasteiger partial charge in [-0.2, -0.15) is 17.9 Å². The molecule has 0 bridgehead atoms. The summed E-state index contributed by atoms with van der Waals surface area (Å²) in [5, 5.41) is 0. The molecule has 0 spiro atoms. The molecule has 1 saturated heterocycles. The lowest BCUT2D eigenvalue weighted by Crippen LogP contribution is -2.36. The molecule has 1 aliphatic heterocycles. The third-order valence-corrected chi connectivity index (χ3v) is 4.55. The van der Waals surface area contributed by atoms with E-state index < -0.39 is 10.2 Å². The molecule has 0 aliphatic carbocycles. The van der Waals surface area contributed by atoms with E-state index >= 15 is 0 Å². The highest BCUT2D eigenvalue weighted by Crippen LogP contribution is 2.08. The van der Waals surface area contributed by atoms with Crippen molar-refractivity contribution < 1.29 is 8.42 Å². The molecule has 1 aliphatic rings. The fourth-order valence-corrected chi connectivity index (χ4v) is 3.88. The Morgan fingerprint density at radius 2 is 1.50 bits per heavy atom. The number of hydrogen-bond donors (Lipinski definition) is 2. The van der Waals surface area contributed by atoms with Crippen LogP contribution in [0.5, 0.6) is 0 Å². The standard InChI is InChI=1S/C5H12N2O2S3/c8-12(9)6-4-10-2-1-3-11-5-7-12/h6-7H,1-5H2. The largest absolute Gasteiger partial charge is 0.278 e. The molecule has 4 nitrogen and oxygen atoms in total. The van der Waals surface area contributed by atoms with Crippen molar-refractivity contribution in [2.75, 3.05) is 23.3 Å². The van der Waals surface area contributed by atoms with E-state index in [2.05, 4.69) is 9.44 Å². The molecule has 0 saturated carbocycles. The Balaban J connectivity index is 2.38. The first-order valence-electron chi connectivity index (χ1n) is 3.60. The highest BCUT2D eigenvalue weighted by Gasteiger charge is 2.08. The number of thioether (sulfide) groups is 2. The van der Waals surface area contributed by atoms with Gasteiger partial charge in [0.2, 0.25) is 0 Å². The number of hydrogen-bond acceptors (Lipinski definition) is 4. The Bertz CT molecular complexity index is 201. The van der Waals surface area contributed by atoms with Crippen LogP contribution in [0.1, 0.15) is 6.42 Å². The van der Waals surface area contributed by atoms with E-state index in [1.54, 1.807) is 23.5 Å². The maximum atomic E-state index is 11.0. The molecule has 0 radical (unpaired) electrons. The monoisotopic (exact) mass is 228 g/mol. The van der Waals surface area contributed by atoms with E-state index in [-0.39, 0.29) is 0 Å². The Hall–Kier alpha value is 0.570. The minimum Gasteiger partial charge on any atom is -0.195 e. The molecular formula is C5H12N2O2S3. The average Bonchev–Trinajstić information content (AvgIpc) is 2.02. The van der Waals surface area contributed by atoms with E-state index in [1.807, 2.05) is 0 Å². The summed E-state index contributed by atoms with van der Waals surface area (Å²) >= 11 is 3.22. The van der Waals surface area contributed by atoms with E-state index in [1.165, 1.54) is 0 Å². The zero-order valence-electron chi connectivity index (χ0n) is 6.58. The van der Waals surface area contributed by atoms with Crippen LogP contribution in [-0.2, 0) is 10.2 Å². The van der Waals surface area contributed by atoms with Crippen LogP contribution in [0.2, 0.25) is 0 Å². The molecule has 7 heteroatoms. The van der Waals surface area contributed by atoms with Crippen LogP contribution in [0, 0.1) is 0 Å². The summed E-state index contributed by atoms with van der Waals surface area (Å²) in [5.74, 6) is 2.99. The van der Waals surface area contributed by atoms with Gasteiger partial charge in [-0.3, -0.25) is 0 Å². The quantitative estimate of drug-likeness (QED) is 0.622. The minimum atomic E-state index is -3.22. The van der Waals surface area contributed by atoms with Gasteiger partial charge in [0.25, 0.3) is 10.2 Å². The third kappa shape index (κ3) is 4.56. The summed E-state index contributed by atoms with van der Waals surface area (Å²) in [5.41, 5.74) is 0.